The zero-order valence-corrected chi connectivity index (χ0v) is 15.8. The molecule has 4 atom stereocenters. The van der Waals surface area contributed by atoms with Crippen molar-refractivity contribution >= 4 is 5.97 Å². The van der Waals surface area contributed by atoms with Crippen molar-refractivity contribution in [3.05, 3.63) is 69.8 Å². The van der Waals surface area contributed by atoms with Crippen LogP contribution in [0.1, 0.15) is 23.1 Å². The number of carbonyl (C=O) groups is 1. The molecule has 1 aliphatic rings. The highest BCUT2D eigenvalue weighted by Crippen LogP contribution is 2.43. The third kappa shape index (κ3) is 3.50. The van der Waals surface area contributed by atoms with Crippen molar-refractivity contribution < 1.29 is 23.9 Å². The Kier molecular flexibility index (Phi) is 5.79. The van der Waals surface area contributed by atoms with Crippen molar-refractivity contribution in [2.24, 2.45) is 0 Å². The van der Waals surface area contributed by atoms with Gasteiger partial charge in [0.25, 0.3) is 0 Å². The second-order valence-corrected chi connectivity index (χ2v) is 6.46. The fourth-order valence-electron chi connectivity index (χ4n) is 3.81. The van der Waals surface area contributed by atoms with Gasteiger partial charge in [-0.2, -0.15) is 0 Å². The molecule has 0 radical (unpaired) electrons. The number of ether oxygens (including phenoxy) is 3. The SMILES string of the molecule is COC(=O)C1NC(c2ccccc2OC)C([N+](=O)[O-])C1c1ccc(OC)cc1. The zero-order valence-electron chi connectivity index (χ0n) is 15.8. The van der Waals surface area contributed by atoms with Crippen LogP contribution in [0.4, 0.5) is 0 Å². The van der Waals surface area contributed by atoms with Crippen LogP contribution in [-0.2, 0) is 9.53 Å². The summed E-state index contributed by atoms with van der Waals surface area (Å²) in [6.07, 6.45) is 0. The third-order valence-corrected chi connectivity index (χ3v) is 5.10. The number of esters is 1. The predicted molar refractivity (Wildman–Crippen MR) is 101 cm³/mol. The van der Waals surface area contributed by atoms with Crippen LogP contribution < -0.4 is 14.8 Å². The Balaban J connectivity index is 2.10. The van der Waals surface area contributed by atoms with Gasteiger partial charge in [0.15, 0.2) is 0 Å². The summed E-state index contributed by atoms with van der Waals surface area (Å²) >= 11 is 0. The molecule has 148 valence electrons. The highest BCUT2D eigenvalue weighted by atomic mass is 16.6. The fourth-order valence-corrected chi connectivity index (χ4v) is 3.81. The highest BCUT2D eigenvalue weighted by Gasteiger charge is 2.55. The number of nitrogens with one attached hydrogen (secondary N) is 1. The number of nitro groups is 1. The van der Waals surface area contributed by atoms with Crippen molar-refractivity contribution in [2.45, 2.75) is 24.0 Å². The summed E-state index contributed by atoms with van der Waals surface area (Å²) in [7, 11) is 4.32. The van der Waals surface area contributed by atoms with Gasteiger partial charge in [0, 0.05) is 10.5 Å². The molecule has 1 aliphatic heterocycles. The quantitative estimate of drug-likeness (QED) is 0.462. The van der Waals surface area contributed by atoms with Gasteiger partial charge < -0.3 is 14.2 Å². The van der Waals surface area contributed by atoms with E-state index in [4.69, 9.17) is 14.2 Å². The molecule has 2 aromatic carbocycles. The van der Waals surface area contributed by atoms with Crippen LogP contribution in [0, 0.1) is 10.1 Å². The number of methoxy groups -OCH3 is 3. The van der Waals surface area contributed by atoms with Crippen molar-refractivity contribution in [1.82, 2.24) is 5.32 Å². The largest absolute Gasteiger partial charge is 0.497 e. The summed E-state index contributed by atoms with van der Waals surface area (Å²) in [6, 6.07) is 11.3. The molecule has 0 spiro atoms. The first-order valence-electron chi connectivity index (χ1n) is 8.76. The Morgan fingerprint density at radius 3 is 2.29 bits per heavy atom. The lowest BCUT2D eigenvalue weighted by molar-refractivity contribution is -0.527. The number of para-hydroxylation sites is 1. The zero-order chi connectivity index (χ0) is 20.3. The molecule has 0 aliphatic carbocycles. The molecule has 2 aromatic rings. The maximum absolute atomic E-state index is 12.5. The molecule has 0 aromatic heterocycles. The van der Waals surface area contributed by atoms with Crippen LogP contribution in [-0.4, -0.2) is 44.3 Å². The van der Waals surface area contributed by atoms with E-state index in [9.17, 15) is 14.9 Å². The Labute approximate surface area is 162 Å². The molecule has 8 heteroatoms. The molecule has 1 saturated heterocycles. The predicted octanol–water partition coefficient (Wildman–Crippen LogP) is 2.32. The van der Waals surface area contributed by atoms with Crippen molar-refractivity contribution in [3.8, 4) is 11.5 Å². The smallest absolute Gasteiger partial charge is 0.323 e. The second kappa shape index (κ2) is 8.26. The van der Waals surface area contributed by atoms with Crippen LogP contribution >= 0.6 is 0 Å². The Hall–Kier alpha value is -3.13. The number of benzene rings is 2. The van der Waals surface area contributed by atoms with E-state index < -0.39 is 30.0 Å². The molecule has 3 rings (SSSR count). The minimum absolute atomic E-state index is 0.345. The van der Waals surface area contributed by atoms with Gasteiger partial charge in [-0.25, -0.2) is 0 Å². The Bertz CT molecular complexity index is 854. The molecule has 28 heavy (non-hydrogen) atoms. The Morgan fingerprint density at radius 2 is 1.71 bits per heavy atom. The summed E-state index contributed by atoms with van der Waals surface area (Å²) in [5, 5.41) is 15.2. The van der Waals surface area contributed by atoms with Crippen LogP contribution in [0.15, 0.2) is 48.5 Å². The average Bonchev–Trinajstić information content (AvgIpc) is 3.13. The van der Waals surface area contributed by atoms with Gasteiger partial charge in [-0.1, -0.05) is 30.3 Å². The third-order valence-electron chi connectivity index (χ3n) is 5.10. The number of hydrogen-bond donors (Lipinski definition) is 1. The van der Waals surface area contributed by atoms with E-state index in [1.54, 1.807) is 55.6 Å². The molecule has 1 fully saturated rings. The van der Waals surface area contributed by atoms with Gasteiger partial charge in [-0.3, -0.25) is 20.2 Å². The van der Waals surface area contributed by atoms with Gasteiger partial charge in [0.1, 0.15) is 23.6 Å². The van der Waals surface area contributed by atoms with E-state index in [1.165, 1.54) is 14.2 Å². The van der Waals surface area contributed by atoms with Crippen LogP contribution in [0.3, 0.4) is 0 Å². The summed E-state index contributed by atoms with van der Waals surface area (Å²) < 4.78 is 15.5. The molecule has 0 saturated carbocycles. The van der Waals surface area contributed by atoms with Gasteiger partial charge in [-0.05, 0) is 23.8 Å². The number of hydrogen-bond acceptors (Lipinski definition) is 7. The van der Waals surface area contributed by atoms with Crippen LogP contribution in [0.2, 0.25) is 0 Å². The first-order valence-corrected chi connectivity index (χ1v) is 8.76. The van der Waals surface area contributed by atoms with Crippen LogP contribution in [0.25, 0.3) is 0 Å². The highest BCUT2D eigenvalue weighted by molar-refractivity contribution is 5.78. The molecule has 8 nitrogen and oxygen atoms in total. The minimum Gasteiger partial charge on any atom is -0.497 e. The molecular weight excluding hydrogens is 364 g/mol. The Morgan fingerprint density at radius 1 is 1.04 bits per heavy atom. The minimum atomic E-state index is -1.09. The van der Waals surface area contributed by atoms with E-state index in [2.05, 4.69) is 5.32 Å². The van der Waals surface area contributed by atoms with Crippen molar-refractivity contribution in [3.63, 3.8) is 0 Å². The lowest BCUT2D eigenvalue weighted by Gasteiger charge is -2.20. The normalized spacial score (nSPS) is 23.8. The lowest BCUT2D eigenvalue weighted by Crippen LogP contribution is -2.37. The topological polar surface area (TPSA) is 99.9 Å². The number of rotatable bonds is 6. The maximum atomic E-state index is 12.5. The van der Waals surface area contributed by atoms with E-state index in [0.717, 1.165) is 0 Å². The molecule has 1 heterocycles. The van der Waals surface area contributed by atoms with E-state index in [0.29, 0.717) is 22.6 Å². The van der Waals surface area contributed by atoms with E-state index in [1.807, 2.05) is 0 Å². The molecule has 0 amide bonds. The summed E-state index contributed by atoms with van der Waals surface area (Å²) in [4.78, 5) is 24.2. The van der Waals surface area contributed by atoms with Crippen molar-refractivity contribution in [1.29, 1.82) is 0 Å². The second-order valence-electron chi connectivity index (χ2n) is 6.46. The van der Waals surface area contributed by atoms with Gasteiger partial charge in [-0.15, -0.1) is 0 Å². The fraction of sp³-hybridized carbons (Fsp3) is 0.350. The molecule has 0 bridgehead atoms. The maximum Gasteiger partial charge on any atom is 0.323 e. The molecular formula is C20H22N2O6. The van der Waals surface area contributed by atoms with Gasteiger partial charge in [0.05, 0.1) is 27.2 Å². The number of carbonyl (C=O) groups excluding carboxylic acids is 1. The van der Waals surface area contributed by atoms with E-state index in [-0.39, 0.29) is 4.92 Å². The molecule has 4 unspecified atom stereocenters. The average molecular weight is 386 g/mol. The van der Waals surface area contributed by atoms with Crippen molar-refractivity contribution in [2.75, 3.05) is 21.3 Å². The first kappa shape index (κ1) is 19.6. The summed E-state index contributed by atoms with van der Waals surface area (Å²) in [5.41, 5.74) is 1.28. The van der Waals surface area contributed by atoms with E-state index >= 15 is 0 Å². The molecule has 1 N–H and O–H groups in total. The monoisotopic (exact) mass is 386 g/mol. The van der Waals surface area contributed by atoms with Gasteiger partial charge >= 0.3 is 5.97 Å². The summed E-state index contributed by atoms with van der Waals surface area (Å²) in [6.45, 7) is 0. The standard InChI is InChI=1S/C20H22N2O6/c1-26-13-10-8-12(9-11-13)16-18(20(23)28-3)21-17(19(16)22(24)25)14-6-4-5-7-15(14)27-2/h4-11,16-19,21H,1-3H3. The summed E-state index contributed by atoms with van der Waals surface area (Å²) in [5.74, 6) is -0.123. The first-order chi connectivity index (χ1) is 13.5. The number of nitrogens with zero attached hydrogens (tertiary/aromatic N) is 1. The lowest BCUT2D eigenvalue weighted by atomic mass is 9.85. The van der Waals surface area contributed by atoms with Crippen LogP contribution in [0.5, 0.6) is 11.5 Å². The van der Waals surface area contributed by atoms with Gasteiger partial charge in [0.2, 0.25) is 6.04 Å².